The van der Waals surface area contributed by atoms with Gasteiger partial charge in [0.05, 0.1) is 0 Å². The Bertz CT molecular complexity index is 537. The minimum atomic E-state index is -0.811. The van der Waals surface area contributed by atoms with Crippen LogP contribution in [0.1, 0.15) is 87.7 Å². The molecule has 0 N–H and O–H groups in total. The van der Waals surface area contributed by atoms with Crippen molar-refractivity contribution in [1.29, 1.82) is 0 Å². The van der Waals surface area contributed by atoms with Gasteiger partial charge in [0.25, 0.3) is 0 Å². The summed E-state index contributed by atoms with van der Waals surface area (Å²) in [5.41, 5.74) is 2.99. The Morgan fingerprint density at radius 2 is 1.30 bits per heavy atom. The van der Waals surface area contributed by atoms with Gasteiger partial charge >= 0.3 is 0 Å². The molecule has 0 aromatic heterocycles. The SMILES string of the molecule is Cc1ccc(C2CCC(C3CCC(CCCC[Si](C)(C)C)CC3)CC2)cc1. The number of aryl methyl sites for hydroxylation is 1. The maximum atomic E-state index is 2.52. The third-order valence-electron chi connectivity index (χ3n) is 7.67. The first-order valence-electron chi connectivity index (χ1n) is 12.0. The van der Waals surface area contributed by atoms with E-state index in [1.165, 1.54) is 69.4 Å². The van der Waals surface area contributed by atoms with Gasteiger partial charge in [-0.1, -0.05) is 87.6 Å². The van der Waals surface area contributed by atoms with E-state index in [0.29, 0.717) is 0 Å². The molecule has 1 aromatic rings. The fourth-order valence-corrected chi connectivity index (χ4v) is 7.11. The minimum absolute atomic E-state index is 0.811. The highest BCUT2D eigenvalue weighted by Crippen LogP contribution is 2.44. The van der Waals surface area contributed by atoms with Crippen molar-refractivity contribution in [2.45, 2.75) is 109 Å². The van der Waals surface area contributed by atoms with Crippen molar-refractivity contribution in [3.63, 3.8) is 0 Å². The quantitative estimate of drug-likeness (QED) is 0.326. The van der Waals surface area contributed by atoms with Crippen LogP contribution >= 0.6 is 0 Å². The molecule has 0 aliphatic heterocycles. The summed E-state index contributed by atoms with van der Waals surface area (Å²) in [5.74, 6) is 4.00. The molecule has 0 heterocycles. The van der Waals surface area contributed by atoms with Crippen LogP contribution in [0.2, 0.25) is 25.7 Å². The number of hydrogen-bond donors (Lipinski definition) is 0. The van der Waals surface area contributed by atoms with Crippen LogP contribution in [-0.2, 0) is 0 Å². The van der Waals surface area contributed by atoms with E-state index in [4.69, 9.17) is 0 Å². The zero-order valence-corrected chi connectivity index (χ0v) is 19.6. The standard InChI is InChI=1S/C26H44Si/c1-21-8-12-23(13-9-21)25-16-18-26(19-17-25)24-14-10-22(11-15-24)7-5-6-20-27(2,3)4/h8-9,12-13,22,24-26H,5-7,10-11,14-20H2,1-4H3. The van der Waals surface area contributed by atoms with Crippen molar-refractivity contribution in [3.8, 4) is 0 Å². The molecule has 0 unspecified atom stereocenters. The second-order valence-electron chi connectivity index (χ2n) is 11.1. The van der Waals surface area contributed by atoms with Crippen LogP contribution in [0.5, 0.6) is 0 Å². The number of unbranched alkanes of at least 4 members (excludes halogenated alkanes) is 1. The summed E-state index contributed by atoms with van der Waals surface area (Å²) in [6.07, 6.45) is 16.5. The third-order valence-corrected chi connectivity index (χ3v) is 9.52. The summed E-state index contributed by atoms with van der Waals surface area (Å²) in [6.45, 7) is 9.76. The van der Waals surface area contributed by atoms with E-state index in [1.807, 2.05) is 0 Å². The molecule has 0 nitrogen and oxygen atoms in total. The summed E-state index contributed by atoms with van der Waals surface area (Å²) < 4.78 is 0. The van der Waals surface area contributed by atoms with Crippen molar-refractivity contribution < 1.29 is 0 Å². The van der Waals surface area contributed by atoms with Crippen molar-refractivity contribution in [2.75, 3.05) is 0 Å². The zero-order chi connectivity index (χ0) is 19.3. The summed E-state index contributed by atoms with van der Waals surface area (Å²) in [7, 11) is -0.811. The molecular formula is C26H44Si. The van der Waals surface area contributed by atoms with Crippen LogP contribution < -0.4 is 0 Å². The van der Waals surface area contributed by atoms with Gasteiger partial charge in [0.2, 0.25) is 0 Å². The van der Waals surface area contributed by atoms with Gasteiger partial charge in [-0.2, -0.15) is 0 Å². The largest absolute Gasteiger partial charge is 0.0695 e. The Kier molecular flexibility index (Phi) is 7.65. The molecule has 0 bridgehead atoms. The lowest BCUT2D eigenvalue weighted by Gasteiger charge is -2.38. The van der Waals surface area contributed by atoms with E-state index in [9.17, 15) is 0 Å². The molecule has 2 aliphatic rings. The summed E-state index contributed by atoms with van der Waals surface area (Å²) in [4.78, 5) is 0. The zero-order valence-electron chi connectivity index (χ0n) is 18.6. The fourth-order valence-electron chi connectivity index (χ4n) is 5.80. The second kappa shape index (κ2) is 9.77. The summed E-state index contributed by atoms with van der Waals surface area (Å²) in [6, 6.07) is 10.9. The molecule has 152 valence electrons. The predicted molar refractivity (Wildman–Crippen MR) is 123 cm³/mol. The molecule has 27 heavy (non-hydrogen) atoms. The van der Waals surface area contributed by atoms with Gasteiger partial charge in [-0.15, -0.1) is 0 Å². The van der Waals surface area contributed by atoms with Crippen LogP contribution in [0.15, 0.2) is 24.3 Å². The fraction of sp³-hybridized carbons (Fsp3) is 0.769. The van der Waals surface area contributed by atoms with E-state index < -0.39 is 8.07 Å². The summed E-state index contributed by atoms with van der Waals surface area (Å²) >= 11 is 0. The molecule has 2 aliphatic carbocycles. The highest BCUT2D eigenvalue weighted by Gasteiger charge is 2.31. The Hall–Kier alpha value is -0.563. The molecule has 0 amide bonds. The van der Waals surface area contributed by atoms with Gasteiger partial charge in [0.1, 0.15) is 0 Å². The molecule has 2 saturated carbocycles. The van der Waals surface area contributed by atoms with Crippen molar-refractivity contribution >= 4 is 8.07 Å². The van der Waals surface area contributed by atoms with Crippen molar-refractivity contribution in [2.24, 2.45) is 17.8 Å². The maximum absolute atomic E-state index is 2.52. The van der Waals surface area contributed by atoms with Crippen LogP contribution in [-0.4, -0.2) is 8.07 Å². The number of hydrogen-bond acceptors (Lipinski definition) is 0. The van der Waals surface area contributed by atoms with E-state index in [1.54, 1.807) is 18.4 Å². The predicted octanol–water partition coefficient (Wildman–Crippen LogP) is 8.58. The summed E-state index contributed by atoms with van der Waals surface area (Å²) in [5, 5.41) is 0. The van der Waals surface area contributed by atoms with Gasteiger partial charge in [0, 0.05) is 8.07 Å². The van der Waals surface area contributed by atoms with Crippen LogP contribution in [0.3, 0.4) is 0 Å². The Labute approximate surface area is 170 Å². The lowest BCUT2D eigenvalue weighted by molar-refractivity contribution is 0.156. The number of benzene rings is 1. The van der Waals surface area contributed by atoms with Crippen LogP contribution in [0.4, 0.5) is 0 Å². The first-order chi connectivity index (χ1) is 12.9. The Balaban J connectivity index is 1.34. The molecule has 1 aromatic carbocycles. The molecule has 0 atom stereocenters. The average molecular weight is 385 g/mol. The molecule has 0 saturated heterocycles. The first kappa shape index (κ1) is 21.2. The average Bonchev–Trinajstić information content (AvgIpc) is 2.66. The second-order valence-corrected chi connectivity index (χ2v) is 16.7. The topological polar surface area (TPSA) is 0 Å². The number of rotatable bonds is 7. The van der Waals surface area contributed by atoms with Gasteiger partial charge in [-0.3, -0.25) is 0 Å². The van der Waals surface area contributed by atoms with Gasteiger partial charge < -0.3 is 0 Å². The molecule has 2 fully saturated rings. The monoisotopic (exact) mass is 384 g/mol. The Morgan fingerprint density at radius 1 is 0.741 bits per heavy atom. The van der Waals surface area contributed by atoms with Crippen molar-refractivity contribution in [1.82, 2.24) is 0 Å². The third kappa shape index (κ3) is 6.77. The minimum Gasteiger partial charge on any atom is -0.0695 e. The van der Waals surface area contributed by atoms with E-state index in [0.717, 1.165) is 23.7 Å². The lowest BCUT2D eigenvalue weighted by atomic mass is 9.68. The van der Waals surface area contributed by atoms with Gasteiger partial charge in [-0.05, 0) is 74.7 Å². The smallest absolute Gasteiger partial charge is 0.0442 e. The highest BCUT2D eigenvalue weighted by molar-refractivity contribution is 6.76. The Morgan fingerprint density at radius 3 is 1.85 bits per heavy atom. The molecular weight excluding hydrogens is 340 g/mol. The molecule has 3 rings (SSSR count). The van der Waals surface area contributed by atoms with E-state index in [2.05, 4.69) is 50.8 Å². The van der Waals surface area contributed by atoms with E-state index >= 15 is 0 Å². The highest BCUT2D eigenvalue weighted by atomic mass is 28.3. The first-order valence-corrected chi connectivity index (χ1v) is 15.7. The lowest BCUT2D eigenvalue weighted by Crippen LogP contribution is -2.25. The van der Waals surface area contributed by atoms with Gasteiger partial charge in [0.15, 0.2) is 0 Å². The molecule has 0 radical (unpaired) electrons. The van der Waals surface area contributed by atoms with Crippen LogP contribution in [0.25, 0.3) is 0 Å². The van der Waals surface area contributed by atoms with Gasteiger partial charge in [-0.25, -0.2) is 0 Å². The molecule has 0 spiro atoms. The van der Waals surface area contributed by atoms with Crippen LogP contribution in [0, 0.1) is 24.7 Å². The normalized spacial score (nSPS) is 29.6. The molecule has 1 heteroatoms. The maximum Gasteiger partial charge on any atom is 0.0442 e. The van der Waals surface area contributed by atoms with E-state index in [-0.39, 0.29) is 0 Å². The van der Waals surface area contributed by atoms with Crippen molar-refractivity contribution in [3.05, 3.63) is 35.4 Å².